The first-order valence-corrected chi connectivity index (χ1v) is 6.08. The van der Waals surface area contributed by atoms with E-state index >= 15 is 0 Å². The van der Waals surface area contributed by atoms with E-state index in [1.807, 2.05) is 12.3 Å². The van der Waals surface area contributed by atoms with E-state index in [2.05, 4.69) is 40.2 Å². The highest BCUT2D eigenvalue weighted by molar-refractivity contribution is 5.59. The molecule has 2 heterocycles. The Bertz CT molecular complexity index is 490. The highest BCUT2D eigenvalue weighted by Gasteiger charge is 2.26. The fourth-order valence-electron chi connectivity index (χ4n) is 2.66. The number of hydrogen-bond acceptors (Lipinski definition) is 2. The summed E-state index contributed by atoms with van der Waals surface area (Å²) >= 11 is 0. The number of benzene rings is 1. The van der Waals surface area contributed by atoms with Gasteiger partial charge in [0.15, 0.2) is 0 Å². The maximum Gasteiger partial charge on any atom is 0.0813 e. The summed E-state index contributed by atoms with van der Waals surface area (Å²) < 4.78 is 0. The van der Waals surface area contributed by atoms with Crippen LogP contribution in [-0.4, -0.2) is 18.1 Å². The Labute approximate surface area is 101 Å². The minimum atomic E-state index is 0.258. The van der Waals surface area contributed by atoms with Crippen molar-refractivity contribution < 1.29 is 0 Å². The molecule has 1 unspecified atom stereocenters. The van der Waals surface area contributed by atoms with Crippen molar-refractivity contribution in [2.45, 2.75) is 12.5 Å². The first-order valence-electron chi connectivity index (χ1n) is 6.08. The molecule has 0 saturated carbocycles. The van der Waals surface area contributed by atoms with Crippen LogP contribution in [0.15, 0.2) is 42.6 Å². The molecule has 3 heteroatoms. The smallest absolute Gasteiger partial charge is 0.0813 e. The highest BCUT2D eigenvalue weighted by Crippen LogP contribution is 2.33. The van der Waals surface area contributed by atoms with Gasteiger partial charge in [-0.1, -0.05) is 18.2 Å². The molecule has 0 radical (unpaired) electrons. The zero-order valence-corrected chi connectivity index (χ0v) is 9.76. The van der Waals surface area contributed by atoms with Gasteiger partial charge in [-0.05, 0) is 30.2 Å². The number of aromatic amines is 1. The monoisotopic (exact) mass is 227 g/mol. The highest BCUT2D eigenvalue weighted by atomic mass is 15.2. The van der Waals surface area contributed by atoms with Crippen LogP contribution < -0.4 is 10.6 Å². The molecule has 17 heavy (non-hydrogen) atoms. The minimum Gasteiger partial charge on any atom is -0.363 e. The predicted molar refractivity (Wildman–Crippen MR) is 70.1 cm³/mol. The number of H-pyrrole nitrogens is 1. The first-order chi connectivity index (χ1) is 8.40. The molecule has 1 aromatic carbocycles. The molecule has 0 fully saturated rings. The Balaban J connectivity index is 1.95. The summed E-state index contributed by atoms with van der Waals surface area (Å²) in [6.07, 6.45) is 3.08. The molecule has 0 aliphatic carbocycles. The maximum atomic E-state index is 5.94. The number of fused-ring (bicyclic) bond motifs is 1. The molecular weight excluding hydrogens is 210 g/mol. The Hall–Kier alpha value is -1.74. The van der Waals surface area contributed by atoms with Gasteiger partial charge in [-0.25, -0.2) is 0 Å². The quantitative estimate of drug-likeness (QED) is 0.843. The van der Waals surface area contributed by atoms with Crippen molar-refractivity contribution in [3.8, 4) is 0 Å². The largest absolute Gasteiger partial charge is 0.363 e. The van der Waals surface area contributed by atoms with Crippen LogP contribution >= 0.6 is 0 Å². The lowest BCUT2D eigenvalue weighted by Crippen LogP contribution is -2.32. The fraction of sp³-hybridized carbons (Fsp3) is 0.286. The van der Waals surface area contributed by atoms with Crippen LogP contribution in [0.25, 0.3) is 0 Å². The Morgan fingerprint density at radius 1 is 1.24 bits per heavy atom. The number of rotatable bonds is 3. The van der Waals surface area contributed by atoms with E-state index in [1.54, 1.807) is 0 Å². The van der Waals surface area contributed by atoms with Gasteiger partial charge in [0.25, 0.3) is 0 Å². The lowest BCUT2D eigenvalue weighted by Gasteiger charge is -2.28. The fourth-order valence-corrected chi connectivity index (χ4v) is 2.66. The summed E-state index contributed by atoms with van der Waals surface area (Å²) in [5.74, 6) is 0. The van der Waals surface area contributed by atoms with E-state index < -0.39 is 0 Å². The second-order valence-electron chi connectivity index (χ2n) is 4.45. The lowest BCUT2D eigenvalue weighted by atomic mass is 10.1. The molecular formula is C14H17N3. The van der Waals surface area contributed by atoms with E-state index in [4.69, 9.17) is 5.73 Å². The molecule has 0 bridgehead atoms. The predicted octanol–water partition coefficient (Wildman–Crippen LogP) is 2.08. The molecule has 3 nitrogen and oxygen atoms in total. The maximum absolute atomic E-state index is 5.94. The molecule has 0 saturated heterocycles. The van der Waals surface area contributed by atoms with Crippen molar-refractivity contribution in [3.63, 3.8) is 0 Å². The second kappa shape index (κ2) is 4.26. The van der Waals surface area contributed by atoms with Crippen molar-refractivity contribution >= 4 is 5.69 Å². The van der Waals surface area contributed by atoms with Gasteiger partial charge in [0.2, 0.25) is 0 Å². The van der Waals surface area contributed by atoms with Gasteiger partial charge in [-0.2, -0.15) is 0 Å². The minimum absolute atomic E-state index is 0.258. The van der Waals surface area contributed by atoms with Crippen LogP contribution in [0.2, 0.25) is 0 Å². The van der Waals surface area contributed by atoms with Crippen molar-refractivity contribution in [2.75, 3.05) is 18.0 Å². The molecule has 2 aromatic rings. The third-order valence-corrected chi connectivity index (χ3v) is 3.50. The molecule has 1 atom stereocenters. The van der Waals surface area contributed by atoms with Crippen LogP contribution in [0.5, 0.6) is 0 Å². The van der Waals surface area contributed by atoms with Crippen molar-refractivity contribution in [2.24, 2.45) is 5.73 Å². The molecule has 0 amide bonds. The van der Waals surface area contributed by atoms with Gasteiger partial charge >= 0.3 is 0 Å². The summed E-state index contributed by atoms with van der Waals surface area (Å²) in [5, 5.41) is 0. The number of nitrogens with one attached hydrogen (secondary N) is 1. The second-order valence-corrected chi connectivity index (χ2v) is 4.45. The number of para-hydroxylation sites is 1. The summed E-state index contributed by atoms with van der Waals surface area (Å²) in [7, 11) is 0. The average Bonchev–Trinajstić information content (AvgIpc) is 3.01. The molecule has 1 aliphatic heterocycles. The van der Waals surface area contributed by atoms with Crippen LogP contribution in [-0.2, 0) is 6.42 Å². The summed E-state index contributed by atoms with van der Waals surface area (Å²) in [6, 6.07) is 13.0. The number of nitrogens with two attached hydrogens (primary N) is 1. The van der Waals surface area contributed by atoms with Gasteiger partial charge in [0.05, 0.1) is 6.04 Å². The summed E-state index contributed by atoms with van der Waals surface area (Å²) in [5.41, 5.74) is 9.90. The van der Waals surface area contributed by atoms with E-state index in [1.165, 1.54) is 16.9 Å². The van der Waals surface area contributed by atoms with Crippen molar-refractivity contribution in [1.82, 2.24) is 4.98 Å². The van der Waals surface area contributed by atoms with Gasteiger partial charge in [-0.3, -0.25) is 0 Å². The standard InChI is InChI=1S/C14H17N3/c15-10-14(12-5-3-8-16-12)17-9-7-11-4-1-2-6-13(11)17/h1-6,8,14,16H,7,9-10,15H2. The Morgan fingerprint density at radius 2 is 2.12 bits per heavy atom. The van der Waals surface area contributed by atoms with Gasteiger partial charge < -0.3 is 15.6 Å². The zero-order valence-electron chi connectivity index (χ0n) is 9.76. The Kier molecular flexibility index (Phi) is 2.61. The molecule has 3 rings (SSSR count). The topological polar surface area (TPSA) is 45.1 Å². The van der Waals surface area contributed by atoms with E-state index in [0.29, 0.717) is 6.54 Å². The molecule has 1 aliphatic rings. The third-order valence-electron chi connectivity index (χ3n) is 3.50. The molecule has 88 valence electrons. The molecule has 3 N–H and O–H groups in total. The summed E-state index contributed by atoms with van der Waals surface area (Å²) in [4.78, 5) is 5.68. The van der Waals surface area contributed by atoms with Crippen LogP contribution in [0.1, 0.15) is 17.3 Å². The number of nitrogens with zero attached hydrogens (tertiary/aromatic N) is 1. The van der Waals surface area contributed by atoms with Crippen LogP contribution in [0.4, 0.5) is 5.69 Å². The third kappa shape index (κ3) is 1.72. The average molecular weight is 227 g/mol. The van der Waals surface area contributed by atoms with Crippen LogP contribution in [0.3, 0.4) is 0 Å². The molecule has 1 aromatic heterocycles. The number of aromatic nitrogens is 1. The van der Waals surface area contributed by atoms with E-state index in [9.17, 15) is 0 Å². The van der Waals surface area contributed by atoms with Crippen molar-refractivity contribution in [3.05, 3.63) is 53.9 Å². The zero-order chi connectivity index (χ0) is 11.7. The van der Waals surface area contributed by atoms with Crippen molar-refractivity contribution in [1.29, 1.82) is 0 Å². The number of hydrogen-bond donors (Lipinski definition) is 2. The SMILES string of the molecule is NCC(c1ccc[nH]1)N1CCc2ccccc21. The number of anilines is 1. The van der Waals surface area contributed by atoms with E-state index in [0.717, 1.165) is 13.0 Å². The van der Waals surface area contributed by atoms with Gasteiger partial charge in [-0.15, -0.1) is 0 Å². The lowest BCUT2D eigenvalue weighted by molar-refractivity contribution is 0.635. The van der Waals surface area contributed by atoms with Gasteiger partial charge in [0, 0.05) is 30.7 Å². The van der Waals surface area contributed by atoms with E-state index in [-0.39, 0.29) is 6.04 Å². The molecule has 0 spiro atoms. The first kappa shape index (κ1) is 10.4. The Morgan fingerprint density at radius 3 is 2.88 bits per heavy atom. The van der Waals surface area contributed by atoms with Gasteiger partial charge in [0.1, 0.15) is 0 Å². The summed E-state index contributed by atoms with van der Waals surface area (Å²) in [6.45, 7) is 1.69. The van der Waals surface area contributed by atoms with Crippen LogP contribution in [0, 0.1) is 0 Å². The normalized spacial score (nSPS) is 15.9.